The average molecular weight is 771 g/mol. The summed E-state index contributed by atoms with van der Waals surface area (Å²) in [6.45, 7) is 4.58. The molecule has 1 aliphatic heterocycles. The summed E-state index contributed by atoms with van der Waals surface area (Å²) in [5.41, 5.74) is 11.8. The second-order valence-corrected chi connectivity index (χ2v) is 16.5. The maximum Gasteiger partial charge on any atom is 0.164 e. The summed E-state index contributed by atoms with van der Waals surface area (Å²) < 4.78 is 0. The van der Waals surface area contributed by atoms with Gasteiger partial charge in [-0.25, -0.2) is 15.0 Å². The molecule has 1 aromatic heterocycles. The first-order valence-corrected chi connectivity index (χ1v) is 20.9. The number of benzene rings is 7. The largest absolute Gasteiger partial charge is 0.275 e. The van der Waals surface area contributed by atoms with E-state index in [0.717, 1.165) is 56.6 Å². The van der Waals surface area contributed by atoms with Crippen molar-refractivity contribution in [3.63, 3.8) is 0 Å². The van der Waals surface area contributed by atoms with Crippen LogP contribution in [-0.2, 0) is 5.41 Å². The van der Waals surface area contributed by atoms with Crippen LogP contribution in [0.4, 0.5) is 0 Å². The van der Waals surface area contributed by atoms with E-state index in [1.165, 1.54) is 32.7 Å². The summed E-state index contributed by atoms with van der Waals surface area (Å²) in [5.74, 6) is 2.39. The number of aliphatic imine (C=N–C) groups is 1. The maximum atomic E-state index is 5.41. The van der Waals surface area contributed by atoms with Crippen LogP contribution in [0.3, 0.4) is 0 Å². The molecule has 0 N–H and O–H groups in total. The standard InChI is InChI=1S/C56H42N4/c1-36-15-13-22-42(31-36)54-58-53(39-19-7-4-8-20-39)59-55(60-54)45-34-43(41-27-26-37-16-9-10-21-40(37)32-41)33-44(35-45)46-23-14-24-48-47(46)28-29-49-51(48)56(2)30-12-11-25-50(56)57-52(49)38-17-5-3-6-18-38/h3-14,16-36,50H,15H2,1-2H3. The first-order chi connectivity index (χ1) is 29.5. The highest BCUT2D eigenvalue weighted by Crippen LogP contribution is 2.46. The molecule has 0 saturated carbocycles. The van der Waals surface area contributed by atoms with Gasteiger partial charge in [-0.15, -0.1) is 0 Å². The quantitative estimate of drug-likeness (QED) is 0.169. The zero-order valence-electron chi connectivity index (χ0n) is 33.6. The van der Waals surface area contributed by atoms with E-state index in [0.29, 0.717) is 23.4 Å². The van der Waals surface area contributed by atoms with Crippen LogP contribution in [0.5, 0.6) is 0 Å². The van der Waals surface area contributed by atoms with Gasteiger partial charge in [0, 0.05) is 33.2 Å². The SMILES string of the molecule is CC1C=C(c2nc(-c3ccccc3)nc(-c3cc(-c4ccc5ccccc5c4)cc(-c4cccc5c6c(ccc45)C(c4ccccc4)=NC4C=CC=CC64C)c3)n2)C=CC1. The van der Waals surface area contributed by atoms with Gasteiger partial charge in [0.2, 0.25) is 0 Å². The number of aromatic nitrogens is 3. The zero-order valence-corrected chi connectivity index (χ0v) is 33.6. The van der Waals surface area contributed by atoms with Gasteiger partial charge in [-0.2, -0.15) is 0 Å². The minimum Gasteiger partial charge on any atom is -0.275 e. The zero-order chi connectivity index (χ0) is 40.2. The summed E-state index contributed by atoms with van der Waals surface area (Å²) in [4.78, 5) is 20.9. The lowest BCUT2D eigenvalue weighted by molar-refractivity contribution is 0.517. The van der Waals surface area contributed by atoms with Crippen molar-refractivity contribution in [2.45, 2.75) is 31.7 Å². The smallest absolute Gasteiger partial charge is 0.164 e. The van der Waals surface area contributed by atoms with Gasteiger partial charge in [-0.05, 0) is 92.9 Å². The normalized spacial score (nSPS) is 19.2. The van der Waals surface area contributed by atoms with Gasteiger partial charge in [-0.3, -0.25) is 4.99 Å². The number of nitrogens with zero attached hydrogens (tertiary/aromatic N) is 4. The molecule has 4 heteroatoms. The van der Waals surface area contributed by atoms with Crippen molar-refractivity contribution >= 4 is 32.8 Å². The Morgan fingerprint density at radius 1 is 0.533 bits per heavy atom. The van der Waals surface area contributed by atoms with Crippen LogP contribution in [0.25, 0.3) is 72.1 Å². The van der Waals surface area contributed by atoms with Gasteiger partial charge in [0.15, 0.2) is 17.5 Å². The summed E-state index contributed by atoms with van der Waals surface area (Å²) in [6.07, 6.45) is 16.6. The topological polar surface area (TPSA) is 51.0 Å². The van der Waals surface area contributed by atoms with Crippen LogP contribution >= 0.6 is 0 Å². The van der Waals surface area contributed by atoms with Gasteiger partial charge in [0.25, 0.3) is 0 Å². The van der Waals surface area contributed by atoms with E-state index in [1.807, 2.05) is 18.2 Å². The lowest BCUT2D eigenvalue weighted by Gasteiger charge is -2.40. The van der Waals surface area contributed by atoms with E-state index < -0.39 is 0 Å². The molecule has 2 heterocycles. The fourth-order valence-corrected chi connectivity index (χ4v) is 9.34. The molecule has 0 fully saturated rings. The van der Waals surface area contributed by atoms with Crippen molar-refractivity contribution in [3.8, 4) is 45.0 Å². The highest BCUT2D eigenvalue weighted by Gasteiger charge is 2.41. The number of fused-ring (bicyclic) bond motifs is 6. The number of hydrogen-bond donors (Lipinski definition) is 0. The molecule has 0 spiro atoms. The minimum absolute atomic E-state index is 0.0174. The molecule has 8 aromatic rings. The highest BCUT2D eigenvalue weighted by molar-refractivity contribution is 6.18. The number of rotatable bonds is 6. The maximum absolute atomic E-state index is 5.41. The van der Waals surface area contributed by atoms with Crippen LogP contribution in [0.15, 0.2) is 199 Å². The predicted octanol–water partition coefficient (Wildman–Crippen LogP) is 13.4. The van der Waals surface area contributed by atoms with Crippen LogP contribution in [0.1, 0.15) is 42.8 Å². The van der Waals surface area contributed by atoms with Gasteiger partial charge >= 0.3 is 0 Å². The lowest BCUT2D eigenvalue weighted by Crippen LogP contribution is -2.39. The van der Waals surface area contributed by atoms with E-state index in [1.54, 1.807) is 0 Å². The Morgan fingerprint density at radius 3 is 2.07 bits per heavy atom. The van der Waals surface area contributed by atoms with Crippen LogP contribution in [0, 0.1) is 5.92 Å². The summed E-state index contributed by atoms with van der Waals surface area (Å²) in [7, 11) is 0. The third-order valence-corrected chi connectivity index (χ3v) is 12.4. The molecule has 4 nitrogen and oxygen atoms in total. The van der Waals surface area contributed by atoms with Gasteiger partial charge in [0.05, 0.1) is 11.8 Å². The van der Waals surface area contributed by atoms with E-state index in [2.05, 4.69) is 190 Å². The highest BCUT2D eigenvalue weighted by atomic mass is 15.0. The Morgan fingerprint density at radius 2 is 1.25 bits per heavy atom. The third kappa shape index (κ3) is 6.24. The summed E-state index contributed by atoms with van der Waals surface area (Å²) in [6, 6.07) is 54.3. The molecule has 60 heavy (non-hydrogen) atoms. The number of allylic oxidation sites excluding steroid dienone is 6. The minimum atomic E-state index is -0.312. The molecule has 7 aromatic carbocycles. The van der Waals surface area contributed by atoms with Crippen molar-refractivity contribution in [1.29, 1.82) is 0 Å². The molecule has 11 rings (SSSR count). The number of hydrogen-bond acceptors (Lipinski definition) is 4. The molecular formula is C56H42N4. The summed E-state index contributed by atoms with van der Waals surface area (Å²) in [5, 5.41) is 4.84. The Balaban J connectivity index is 1.15. The van der Waals surface area contributed by atoms with Gasteiger partial charge in [0.1, 0.15) is 0 Å². The molecule has 2 aliphatic carbocycles. The van der Waals surface area contributed by atoms with Crippen LogP contribution in [0.2, 0.25) is 0 Å². The first-order valence-electron chi connectivity index (χ1n) is 20.9. The molecule has 0 radical (unpaired) electrons. The fraction of sp³-hybridized carbons (Fsp3) is 0.107. The molecule has 3 unspecified atom stereocenters. The fourth-order valence-electron chi connectivity index (χ4n) is 9.34. The van der Waals surface area contributed by atoms with Crippen LogP contribution < -0.4 is 0 Å². The first kappa shape index (κ1) is 35.8. The molecule has 3 aliphatic rings. The van der Waals surface area contributed by atoms with Crippen molar-refractivity contribution < 1.29 is 0 Å². The van der Waals surface area contributed by atoms with E-state index in [9.17, 15) is 0 Å². The Bertz CT molecular complexity index is 3150. The molecule has 3 atom stereocenters. The van der Waals surface area contributed by atoms with Gasteiger partial charge < -0.3 is 0 Å². The van der Waals surface area contributed by atoms with E-state index in [-0.39, 0.29) is 11.5 Å². The van der Waals surface area contributed by atoms with Gasteiger partial charge in [-0.1, -0.05) is 177 Å². The van der Waals surface area contributed by atoms with E-state index >= 15 is 0 Å². The van der Waals surface area contributed by atoms with Crippen molar-refractivity contribution in [2.75, 3.05) is 0 Å². The Hall–Kier alpha value is -7.30. The van der Waals surface area contributed by atoms with E-state index in [4.69, 9.17) is 19.9 Å². The molecule has 0 saturated heterocycles. The van der Waals surface area contributed by atoms with Crippen molar-refractivity contribution in [3.05, 3.63) is 217 Å². The Kier molecular flexibility index (Phi) is 8.67. The molecule has 0 bridgehead atoms. The monoisotopic (exact) mass is 770 g/mol. The third-order valence-electron chi connectivity index (χ3n) is 12.4. The molecule has 0 amide bonds. The lowest BCUT2D eigenvalue weighted by atomic mass is 9.67. The van der Waals surface area contributed by atoms with Crippen molar-refractivity contribution in [1.82, 2.24) is 15.0 Å². The summed E-state index contributed by atoms with van der Waals surface area (Å²) >= 11 is 0. The molecule has 286 valence electrons. The Labute approximate surface area is 350 Å². The second kappa shape index (κ2) is 14.5. The van der Waals surface area contributed by atoms with Crippen LogP contribution in [-0.4, -0.2) is 26.7 Å². The van der Waals surface area contributed by atoms with Crippen molar-refractivity contribution in [2.24, 2.45) is 10.9 Å². The average Bonchev–Trinajstić information content (AvgIpc) is 3.31. The second-order valence-electron chi connectivity index (χ2n) is 16.5. The predicted molar refractivity (Wildman–Crippen MR) is 249 cm³/mol. The molecular weight excluding hydrogens is 729 g/mol.